The van der Waals surface area contributed by atoms with Crippen molar-refractivity contribution in [1.29, 1.82) is 0 Å². The molecule has 6 nitrogen and oxygen atoms in total. The fourth-order valence-corrected chi connectivity index (χ4v) is 4.08. The number of nitrogens with one attached hydrogen (secondary N) is 1. The summed E-state index contributed by atoms with van der Waals surface area (Å²) < 4.78 is 5.23. The molecule has 1 aliphatic heterocycles. The third-order valence-electron chi connectivity index (χ3n) is 5.66. The number of methoxy groups -OCH3 is 1. The van der Waals surface area contributed by atoms with Crippen LogP contribution in [0.15, 0.2) is 53.3 Å². The first kappa shape index (κ1) is 19.2. The van der Waals surface area contributed by atoms with E-state index in [1.165, 1.54) is 0 Å². The van der Waals surface area contributed by atoms with Gasteiger partial charge in [0, 0.05) is 24.7 Å². The summed E-state index contributed by atoms with van der Waals surface area (Å²) in [6.45, 7) is 2.40. The van der Waals surface area contributed by atoms with E-state index in [4.69, 9.17) is 9.84 Å². The van der Waals surface area contributed by atoms with Crippen molar-refractivity contribution in [3.63, 3.8) is 0 Å². The third-order valence-corrected chi connectivity index (χ3v) is 5.66. The van der Waals surface area contributed by atoms with Crippen LogP contribution in [0.2, 0.25) is 0 Å². The van der Waals surface area contributed by atoms with Crippen LogP contribution in [0.1, 0.15) is 40.2 Å². The van der Waals surface area contributed by atoms with Gasteiger partial charge in [-0.25, -0.2) is 4.79 Å². The van der Waals surface area contributed by atoms with Crippen molar-refractivity contribution >= 4 is 16.9 Å². The molecule has 1 aliphatic rings. The molecule has 0 spiro atoms. The first-order valence-corrected chi connectivity index (χ1v) is 9.79. The summed E-state index contributed by atoms with van der Waals surface area (Å²) in [5, 5.41) is 10.1. The lowest BCUT2D eigenvalue weighted by atomic mass is 9.90. The Morgan fingerprint density at radius 3 is 2.72 bits per heavy atom. The monoisotopic (exact) mass is 392 g/mol. The lowest BCUT2D eigenvalue weighted by Gasteiger charge is -2.33. The van der Waals surface area contributed by atoms with Crippen LogP contribution in [0, 0.1) is 0 Å². The highest BCUT2D eigenvalue weighted by atomic mass is 16.5. The maximum atomic E-state index is 12.6. The number of hydrogen-bond donors (Lipinski definition) is 2. The molecule has 1 saturated heterocycles. The number of H-pyrrole nitrogens is 1. The van der Waals surface area contributed by atoms with Gasteiger partial charge in [-0.1, -0.05) is 12.1 Å². The zero-order valence-corrected chi connectivity index (χ0v) is 16.4. The Morgan fingerprint density at radius 1 is 1.21 bits per heavy atom. The minimum atomic E-state index is -0.907. The van der Waals surface area contributed by atoms with Crippen molar-refractivity contribution in [2.45, 2.75) is 25.3 Å². The topological polar surface area (TPSA) is 82.6 Å². The number of carboxylic acid groups (broad SMARTS) is 1. The molecule has 2 heterocycles. The number of ether oxygens (including phenoxy) is 1. The molecule has 0 amide bonds. The Kier molecular flexibility index (Phi) is 5.36. The summed E-state index contributed by atoms with van der Waals surface area (Å²) in [5.74, 6) is 0.152. The summed E-state index contributed by atoms with van der Waals surface area (Å²) in [6.07, 6.45) is 2.12. The highest BCUT2D eigenvalue weighted by Crippen LogP contribution is 2.28. The van der Waals surface area contributed by atoms with Crippen molar-refractivity contribution < 1.29 is 14.6 Å². The number of hydrogen-bond acceptors (Lipinski definition) is 4. The van der Waals surface area contributed by atoms with Crippen molar-refractivity contribution in [3.05, 3.63) is 75.6 Å². The van der Waals surface area contributed by atoms with Gasteiger partial charge in [-0.15, -0.1) is 0 Å². The number of aromatic amines is 1. The standard InChI is InChI=1S/C23H24N2O4/c1-29-20-9-8-17-11-19(22(26)24-21(17)12-20)14-25-10-2-3-18(13-25)15-4-6-16(7-5-15)23(27)28/h4-9,11-12,18H,2-3,10,13-14H2,1H3,(H,24,26)(H,27,28)/t18-/m0/s1. The van der Waals surface area contributed by atoms with Gasteiger partial charge in [0.05, 0.1) is 18.2 Å². The molecule has 29 heavy (non-hydrogen) atoms. The minimum absolute atomic E-state index is 0.0707. The van der Waals surface area contributed by atoms with Crippen molar-refractivity contribution in [2.24, 2.45) is 0 Å². The first-order valence-electron chi connectivity index (χ1n) is 9.79. The number of piperidine rings is 1. The quantitative estimate of drug-likeness (QED) is 0.693. The number of fused-ring (bicyclic) bond motifs is 1. The maximum absolute atomic E-state index is 12.6. The Morgan fingerprint density at radius 2 is 2.00 bits per heavy atom. The van der Waals surface area contributed by atoms with E-state index in [1.807, 2.05) is 36.4 Å². The molecule has 1 aromatic heterocycles. The van der Waals surface area contributed by atoms with E-state index in [2.05, 4.69) is 9.88 Å². The van der Waals surface area contributed by atoms with Crippen LogP contribution >= 0.6 is 0 Å². The van der Waals surface area contributed by atoms with E-state index < -0.39 is 5.97 Å². The first-order chi connectivity index (χ1) is 14.0. The zero-order valence-electron chi connectivity index (χ0n) is 16.4. The largest absolute Gasteiger partial charge is 0.497 e. The van der Waals surface area contributed by atoms with Crippen LogP contribution in [-0.4, -0.2) is 41.2 Å². The lowest BCUT2D eigenvalue weighted by molar-refractivity contribution is 0.0697. The Bertz CT molecular complexity index is 1090. The van der Waals surface area contributed by atoms with Gasteiger partial charge in [-0.05, 0) is 66.6 Å². The van der Waals surface area contributed by atoms with Crippen LogP contribution in [0.3, 0.4) is 0 Å². The molecule has 3 aromatic rings. The normalized spacial score (nSPS) is 17.3. The van der Waals surface area contributed by atoms with E-state index in [0.29, 0.717) is 23.8 Å². The van der Waals surface area contributed by atoms with Gasteiger partial charge in [0.15, 0.2) is 0 Å². The van der Waals surface area contributed by atoms with Crippen molar-refractivity contribution in [2.75, 3.05) is 20.2 Å². The SMILES string of the molecule is COc1ccc2cc(CN3CCC[C@H](c4ccc(C(=O)O)cc4)C3)c(=O)[nH]c2c1. The highest BCUT2D eigenvalue weighted by molar-refractivity contribution is 5.87. The average molecular weight is 392 g/mol. The summed E-state index contributed by atoms with van der Waals surface area (Å²) in [5.41, 5.74) is 2.91. The van der Waals surface area contributed by atoms with Gasteiger partial charge < -0.3 is 14.8 Å². The summed E-state index contributed by atoms with van der Waals surface area (Å²) in [7, 11) is 1.61. The fraction of sp³-hybridized carbons (Fsp3) is 0.304. The number of pyridine rings is 1. The predicted molar refractivity (Wildman–Crippen MR) is 112 cm³/mol. The highest BCUT2D eigenvalue weighted by Gasteiger charge is 2.22. The summed E-state index contributed by atoms with van der Waals surface area (Å²) in [6, 6.07) is 14.8. The van der Waals surface area contributed by atoms with Crippen molar-refractivity contribution in [3.8, 4) is 5.75 Å². The van der Waals surface area contributed by atoms with E-state index in [1.54, 1.807) is 19.2 Å². The molecule has 4 rings (SSSR count). The number of aromatic nitrogens is 1. The van der Waals surface area contributed by atoms with Gasteiger partial charge in [-0.3, -0.25) is 9.69 Å². The van der Waals surface area contributed by atoms with E-state index >= 15 is 0 Å². The number of carboxylic acids is 1. The average Bonchev–Trinajstić information content (AvgIpc) is 2.74. The molecule has 2 aromatic carbocycles. The van der Waals surface area contributed by atoms with Crippen LogP contribution in [0.4, 0.5) is 0 Å². The summed E-state index contributed by atoms with van der Waals surface area (Å²) in [4.78, 5) is 28.9. The minimum Gasteiger partial charge on any atom is -0.497 e. The van der Waals surface area contributed by atoms with Crippen LogP contribution < -0.4 is 10.3 Å². The lowest BCUT2D eigenvalue weighted by Crippen LogP contribution is -2.35. The number of nitrogens with zero attached hydrogens (tertiary/aromatic N) is 1. The number of likely N-dealkylation sites (tertiary alicyclic amines) is 1. The second-order valence-corrected chi connectivity index (χ2v) is 7.58. The van der Waals surface area contributed by atoms with E-state index in [-0.39, 0.29) is 5.56 Å². The maximum Gasteiger partial charge on any atom is 0.335 e. The van der Waals surface area contributed by atoms with Gasteiger partial charge in [0.25, 0.3) is 5.56 Å². The Balaban J connectivity index is 1.51. The van der Waals surface area contributed by atoms with E-state index in [9.17, 15) is 9.59 Å². The van der Waals surface area contributed by atoms with Gasteiger partial charge in [0.2, 0.25) is 0 Å². The molecular weight excluding hydrogens is 368 g/mol. The number of aromatic carboxylic acids is 1. The molecule has 1 fully saturated rings. The smallest absolute Gasteiger partial charge is 0.335 e. The molecular formula is C23H24N2O4. The van der Waals surface area contributed by atoms with Gasteiger partial charge >= 0.3 is 5.97 Å². The number of carbonyl (C=O) groups is 1. The van der Waals surface area contributed by atoms with Crippen LogP contribution in [0.5, 0.6) is 5.75 Å². The molecule has 0 aliphatic carbocycles. The zero-order chi connectivity index (χ0) is 20.4. The molecule has 1 atom stereocenters. The molecule has 0 bridgehead atoms. The Hall–Kier alpha value is -3.12. The number of benzene rings is 2. The molecule has 0 saturated carbocycles. The second-order valence-electron chi connectivity index (χ2n) is 7.58. The third kappa shape index (κ3) is 4.17. The molecule has 2 N–H and O–H groups in total. The number of rotatable bonds is 5. The molecule has 0 radical (unpaired) electrons. The van der Waals surface area contributed by atoms with Crippen LogP contribution in [-0.2, 0) is 6.54 Å². The van der Waals surface area contributed by atoms with Crippen molar-refractivity contribution in [1.82, 2.24) is 9.88 Å². The second kappa shape index (κ2) is 8.09. The molecule has 150 valence electrons. The summed E-state index contributed by atoms with van der Waals surface area (Å²) >= 11 is 0. The van der Waals surface area contributed by atoms with Gasteiger partial charge in [-0.2, -0.15) is 0 Å². The molecule has 6 heteroatoms. The molecule has 0 unspecified atom stereocenters. The fourth-order valence-electron chi connectivity index (χ4n) is 4.08. The van der Waals surface area contributed by atoms with Crippen LogP contribution in [0.25, 0.3) is 10.9 Å². The predicted octanol–water partition coefficient (Wildman–Crippen LogP) is 3.61. The van der Waals surface area contributed by atoms with Gasteiger partial charge in [0.1, 0.15) is 5.75 Å². The van der Waals surface area contributed by atoms with E-state index in [0.717, 1.165) is 48.0 Å². The Labute approximate surface area is 168 Å².